The van der Waals surface area contributed by atoms with Gasteiger partial charge in [-0.15, -0.1) is 0 Å². The Bertz CT molecular complexity index is 995. The monoisotopic (exact) mass is 427 g/mol. The van der Waals surface area contributed by atoms with Crippen LogP contribution in [0.3, 0.4) is 0 Å². The molecular formula is C19H23F2N3O4S. The number of ether oxygens (including phenoxy) is 1. The van der Waals surface area contributed by atoms with Crippen LogP contribution in [0, 0.1) is 24.5 Å². The Labute approximate surface area is 168 Å². The molecule has 0 spiro atoms. The van der Waals surface area contributed by atoms with E-state index < -0.39 is 39.6 Å². The van der Waals surface area contributed by atoms with Crippen LogP contribution in [0.25, 0.3) is 0 Å². The highest BCUT2D eigenvalue weighted by molar-refractivity contribution is 7.89. The summed E-state index contributed by atoms with van der Waals surface area (Å²) >= 11 is 0. The van der Waals surface area contributed by atoms with Gasteiger partial charge in [0.1, 0.15) is 23.6 Å². The van der Waals surface area contributed by atoms with E-state index in [0.717, 1.165) is 12.1 Å². The molecule has 0 saturated carbocycles. The molecule has 0 bridgehead atoms. The second-order valence-corrected chi connectivity index (χ2v) is 9.05. The van der Waals surface area contributed by atoms with Gasteiger partial charge in [0, 0.05) is 38.0 Å². The van der Waals surface area contributed by atoms with Gasteiger partial charge in [0.25, 0.3) is 10.0 Å². The molecule has 7 nitrogen and oxygen atoms in total. The maximum Gasteiger partial charge on any atom is 0.309 e. The number of hydrogen-bond acceptors (Lipinski definition) is 5. The Morgan fingerprint density at radius 2 is 1.93 bits per heavy atom. The summed E-state index contributed by atoms with van der Waals surface area (Å²) in [7, 11) is -2.01. The molecule has 1 fully saturated rings. The van der Waals surface area contributed by atoms with Gasteiger partial charge in [0.05, 0.1) is 5.92 Å². The van der Waals surface area contributed by atoms with Crippen molar-refractivity contribution in [3.8, 4) is 0 Å². The lowest BCUT2D eigenvalue weighted by Crippen LogP contribution is -2.40. The average molecular weight is 427 g/mol. The molecule has 0 amide bonds. The third-order valence-corrected chi connectivity index (χ3v) is 6.94. The first-order valence-electron chi connectivity index (χ1n) is 9.25. The second-order valence-electron chi connectivity index (χ2n) is 7.16. The van der Waals surface area contributed by atoms with E-state index >= 15 is 0 Å². The van der Waals surface area contributed by atoms with E-state index in [1.807, 2.05) is 0 Å². The third kappa shape index (κ3) is 4.48. The Hall–Kier alpha value is -2.33. The summed E-state index contributed by atoms with van der Waals surface area (Å²) < 4.78 is 60.6. The number of carbonyl (C=O) groups excluding carboxylic acids is 1. The molecular weight excluding hydrogens is 404 g/mol. The predicted octanol–water partition coefficient (Wildman–Crippen LogP) is 2.71. The first-order chi connectivity index (χ1) is 13.6. The molecule has 1 atom stereocenters. The van der Waals surface area contributed by atoms with Crippen LogP contribution in [0.1, 0.15) is 37.3 Å². The van der Waals surface area contributed by atoms with Gasteiger partial charge in [-0.2, -0.15) is 4.31 Å². The maximum atomic E-state index is 13.9. The Morgan fingerprint density at radius 3 is 2.48 bits per heavy atom. The summed E-state index contributed by atoms with van der Waals surface area (Å²) in [6.45, 7) is 3.55. The molecule has 1 aliphatic heterocycles. The van der Waals surface area contributed by atoms with E-state index in [1.165, 1.54) is 23.5 Å². The summed E-state index contributed by atoms with van der Waals surface area (Å²) in [5.41, 5.74) is 0.0882. The van der Waals surface area contributed by atoms with Gasteiger partial charge in [-0.3, -0.25) is 4.79 Å². The average Bonchev–Trinajstić information content (AvgIpc) is 3.01. The fourth-order valence-corrected chi connectivity index (χ4v) is 4.77. The molecule has 1 aliphatic rings. The van der Waals surface area contributed by atoms with Gasteiger partial charge >= 0.3 is 5.97 Å². The highest BCUT2D eigenvalue weighted by Gasteiger charge is 2.34. The number of nitrogens with zero attached hydrogens (tertiary/aromatic N) is 3. The smallest absolute Gasteiger partial charge is 0.309 e. The minimum Gasteiger partial charge on any atom is -0.457 e. The van der Waals surface area contributed by atoms with Gasteiger partial charge in [-0.05, 0) is 38.8 Å². The largest absolute Gasteiger partial charge is 0.457 e. The van der Waals surface area contributed by atoms with Crippen molar-refractivity contribution in [1.82, 2.24) is 13.9 Å². The lowest BCUT2D eigenvalue weighted by molar-refractivity contribution is -0.155. The molecule has 1 unspecified atom stereocenters. The Morgan fingerprint density at radius 1 is 1.28 bits per heavy atom. The number of rotatable bonds is 5. The number of carbonyl (C=O) groups is 1. The standard InChI is InChI=1S/C19H23F2N3O4S/c1-12(16-5-4-15(20)10-17(16)21)28-19(25)14-6-8-24(9-7-14)29(26,27)18-11-23(3)13(2)22-18/h4-5,10-12,14H,6-9H2,1-3H3. The lowest BCUT2D eigenvalue weighted by Gasteiger charge is -2.30. The molecule has 1 aromatic heterocycles. The second kappa shape index (κ2) is 8.19. The molecule has 10 heteroatoms. The van der Waals surface area contributed by atoms with Crippen LogP contribution in [-0.4, -0.2) is 41.3 Å². The zero-order valence-corrected chi connectivity index (χ0v) is 17.2. The van der Waals surface area contributed by atoms with Crippen molar-refractivity contribution >= 4 is 16.0 Å². The fourth-order valence-electron chi connectivity index (χ4n) is 3.28. The zero-order valence-electron chi connectivity index (χ0n) is 16.4. The van der Waals surface area contributed by atoms with Crippen LogP contribution in [0.4, 0.5) is 8.78 Å². The number of piperidine rings is 1. The number of aryl methyl sites for hydroxylation is 2. The van der Waals surface area contributed by atoms with E-state index in [9.17, 15) is 22.0 Å². The number of imidazole rings is 1. The minimum absolute atomic E-state index is 0.0149. The molecule has 158 valence electrons. The van der Waals surface area contributed by atoms with Crippen molar-refractivity contribution in [2.45, 2.75) is 37.8 Å². The maximum absolute atomic E-state index is 13.9. The molecule has 0 N–H and O–H groups in total. The SMILES string of the molecule is Cc1nc(S(=O)(=O)N2CCC(C(=O)OC(C)c3ccc(F)cc3F)CC2)cn1C. The highest BCUT2D eigenvalue weighted by Crippen LogP contribution is 2.27. The normalized spacial score (nSPS) is 17.3. The van der Waals surface area contributed by atoms with Gasteiger partial charge in [-0.1, -0.05) is 0 Å². The number of aromatic nitrogens is 2. The van der Waals surface area contributed by atoms with Crippen LogP contribution < -0.4 is 0 Å². The van der Waals surface area contributed by atoms with Crippen molar-refractivity contribution < 1.29 is 26.7 Å². The van der Waals surface area contributed by atoms with Crippen molar-refractivity contribution in [2.24, 2.45) is 13.0 Å². The van der Waals surface area contributed by atoms with Gasteiger partial charge < -0.3 is 9.30 Å². The molecule has 1 aromatic carbocycles. The van der Waals surface area contributed by atoms with E-state index in [0.29, 0.717) is 18.7 Å². The summed E-state index contributed by atoms with van der Waals surface area (Å²) in [5, 5.41) is -0.0149. The van der Waals surface area contributed by atoms with Crippen LogP contribution in [0.15, 0.2) is 29.4 Å². The summed E-state index contributed by atoms with van der Waals surface area (Å²) in [6, 6.07) is 3.08. The van der Waals surface area contributed by atoms with Crippen LogP contribution in [-0.2, 0) is 26.6 Å². The molecule has 2 heterocycles. The lowest BCUT2D eigenvalue weighted by atomic mass is 9.98. The van der Waals surface area contributed by atoms with Crippen molar-refractivity contribution in [3.63, 3.8) is 0 Å². The topological polar surface area (TPSA) is 81.5 Å². The molecule has 0 aliphatic carbocycles. The fraction of sp³-hybridized carbons (Fsp3) is 0.474. The van der Waals surface area contributed by atoms with Gasteiger partial charge in [0.2, 0.25) is 0 Å². The number of esters is 1. The molecule has 29 heavy (non-hydrogen) atoms. The van der Waals surface area contributed by atoms with Crippen molar-refractivity contribution in [2.75, 3.05) is 13.1 Å². The summed E-state index contributed by atoms with van der Waals surface area (Å²) in [6.07, 6.45) is 1.18. The van der Waals surface area contributed by atoms with Crippen molar-refractivity contribution in [1.29, 1.82) is 0 Å². The molecule has 3 rings (SSSR count). The van der Waals surface area contributed by atoms with Gasteiger partial charge in [-0.25, -0.2) is 22.2 Å². The molecule has 0 radical (unpaired) electrons. The number of hydrogen-bond donors (Lipinski definition) is 0. The van der Waals surface area contributed by atoms with Crippen LogP contribution >= 0.6 is 0 Å². The van der Waals surface area contributed by atoms with E-state index in [2.05, 4.69) is 4.98 Å². The summed E-state index contributed by atoms with van der Waals surface area (Å²) in [5.74, 6) is -1.91. The molecule has 2 aromatic rings. The first-order valence-corrected chi connectivity index (χ1v) is 10.7. The van der Waals surface area contributed by atoms with Gasteiger partial charge in [0.15, 0.2) is 5.03 Å². The zero-order chi connectivity index (χ0) is 21.3. The Balaban J connectivity index is 1.60. The summed E-state index contributed by atoms with van der Waals surface area (Å²) in [4.78, 5) is 16.5. The number of halogens is 2. The highest BCUT2D eigenvalue weighted by atomic mass is 32.2. The van der Waals surface area contributed by atoms with E-state index in [4.69, 9.17) is 4.74 Å². The van der Waals surface area contributed by atoms with Crippen LogP contribution in [0.5, 0.6) is 0 Å². The Kier molecular flexibility index (Phi) is 6.04. The number of sulfonamides is 1. The minimum atomic E-state index is -3.72. The number of benzene rings is 1. The quantitative estimate of drug-likeness (QED) is 0.686. The first kappa shape index (κ1) is 21.4. The van der Waals surface area contributed by atoms with Crippen molar-refractivity contribution in [3.05, 3.63) is 47.4 Å². The van der Waals surface area contributed by atoms with E-state index in [1.54, 1.807) is 18.5 Å². The third-order valence-electron chi connectivity index (χ3n) is 5.17. The van der Waals surface area contributed by atoms with Crippen LogP contribution in [0.2, 0.25) is 0 Å². The molecule has 1 saturated heterocycles. The predicted molar refractivity (Wildman–Crippen MR) is 100 cm³/mol. The van der Waals surface area contributed by atoms with E-state index in [-0.39, 0.29) is 23.7 Å².